The molecule has 6 rings (SSSR count). The van der Waals surface area contributed by atoms with Gasteiger partial charge in [-0.25, -0.2) is 0 Å². The Kier molecular flexibility index (Phi) is 12.7. The van der Waals surface area contributed by atoms with Gasteiger partial charge in [-0.05, 0) is 0 Å². The third-order valence-electron chi connectivity index (χ3n) is 6.71. The van der Waals surface area contributed by atoms with E-state index in [9.17, 15) is 9.59 Å². The molecule has 0 unspecified atom stereocenters. The standard InChI is InChI=1S/C34H28FI6O3/c1-22-17-23-7-2-3-8-24(23)18-29(22)44-33-30-26(19-28(35)31(33)38-12-6-15-41-16-14-36-21-41)32(42)27(20-40-30)34(43)39-13-10-25-9-4-5-11-37-25/h2-5,7-9,11,14,16-21H,6,10,12-13,15H2,1H3/q-3. The van der Waals surface area contributed by atoms with Gasteiger partial charge in [-0.15, -0.1) is 0 Å². The molecule has 0 atom stereocenters. The molecule has 3 aliphatic heterocycles. The Morgan fingerprint density at radius 2 is 1.93 bits per heavy atom. The van der Waals surface area contributed by atoms with Crippen molar-refractivity contribution in [1.29, 1.82) is 0 Å². The summed E-state index contributed by atoms with van der Waals surface area (Å²) in [6.07, 6.45) is 8.38. The Balaban J connectivity index is 1.27. The zero-order valence-corrected chi connectivity index (χ0v) is 36.5. The van der Waals surface area contributed by atoms with Crippen LogP contribution in [0.1, 0.15) is 28.8 Å². The van der Waals surface area contributed by atoms with Gasteiger partial charge in [0.2, 0.25) is 0 Å². The van der Waals surface area contributed by atoms with Crippen molar-refractivity contribution in [2.24, 2.45) is 0 Å². The van der Waals surface area contributed by atoms with Crippen molar-refractivity contribution in [2.45, 2.75) is 19.8 Å². The monoisotopic (exact) mass is 1260 g/mol. The van der Waals surface area contributed by atoms with Crippen LogP contribution in [0, 0.1) is 19.9 Å². The summed E-state index contributed by atoms with van der Waals surface area (Å²) in [5.41, 5.74) is 1.61. The number of benzene rings is 3. The van der Waals surface area contributed by atoms with Crippen LogP contribution in [-0.2, 0) is 4.79 Å². The van der Waals surface area contributed by atoms with Crippen LogP contribution in [-0.4, -0.2) is 28.4 Å². The number of rotatable bonds is 12. The molecular formula is C34H28FI6O3-3. The average Bonchev–Trinajstić information content (AvgIpc) is 3.55. The summed E-state index contributed by atoms with van der Waals surface area (Å²) in [4.78, 5) is 27.0. The number of carbonyl (C=O) groups excluding carboxylic acids is 2. The summed E-state index contributed by atoms with van der Waals surface area (Å²) >= 11 is -3.18. The van der Waals surface area contributed by atoms with Gasteiger partial charge in [0.15, 0.2) is 0 Å². The number of aryl methyl sites for hydroxylation is 1. The quantitative estimate of drug-likeness (QED) is 0.0643. The molecule has 3 aliphatic rings. The summed E-state index contributed by atoms with van der Waals surface area (Å²) in [5, 5.41) is 2.19. The first-order valence-electron chi connectivity index (χ1n) is 13.7. The van der Waals surface area contributed by atoms with Gasteiger partial charge >= 0.3 is 321 Å². The van der Waals surface area contributed by atoms with Crippen molar-refractivity contribution in [1.82, 2.24) is 0 Å². The molecule has 3 aromatic rings. The van der Waals surface area contributed by atoms with Crippen LogP contribution < -0.4 is 68.4 Å². The minimum atomic E-state index is -1.01. The molecule has 0 spiro atoms. The molecule has 3 heterocycles. The van der Waals surface area contributed by atoms with E-state index in [4.69, 9.17) is 4.74 Å². The zero-order valence-electron chi connectivity index (χ0n) is 23.6. The second-order valence-electron chi connectivity index (χ2n) is 9.73. The van der Waals surface area contributed by atoms with Gasteiger partial charge in [-0.1, -0.05) is 0 Å². The molecular weight excluding hydrogens is 1240 g/mol. The van der Waals surface area contributed by atoms with E-state index in [1.165, 1.54) is 14.0 Å². The van der Waals surface area contributed by atoms with Gasteiger partial charge in [-0.2, -0.15) is 0 Å². The van der Waals surface area contributed by atoms with E-state index in [0.29, 0.717) is 26.2 Å². The van der Waals surface area contributed by atoms with E-state index in [0.717, 1.165) is 41.6 Å². The second-order valence-corrected chi connectivity index (χ2v) is 29.9. The minimum absolute atomic E-state index is 0.0112. The summed E-state index contributed by atoms with van der Waals surface area (Å²) in [7, 11) is 0. The number of alkyl halides is 3. The van der Waals surface area contributed by atoms with Crippen LogP contribution in [0.3, 0.4) is 0 Å². The molecule has 44 heavy (non-hydrogen) atoms. The molecule has 234 valence electrons. The van der Waals surface area contributed by atoms with Crippen LogP contribution in [0.25, 0.3) is 10.8 Å². The average molecular weight is 1270 g/mol. The molecule has 0 N–H and O–H groups in total. The summed E-state index contributed by atoms with van der Waals surface area (Å²) in [6, 6.07) is 13.7. The normalized spacial score (nSPS) is 16.7. The van der Waals surface area contributed by atoms with Crippen molar-refractivity contribution < 1.29 is 82.3 Å². The van der Waals surface area contributed by atoms with Crippen molar-refractivity contribution in [3.63, 3.8) is 0 Å². The summed E-state index contributed by atoms with van der Waals surface area (Å²) in [6.45, 7) is 2.02. The van der Waals surface area contributed by atoms with Crippen LogP contribution >= 0.6 is 61.3 Å². The Labute approximate surface area is 315 Å². The van der Waals surface area contributed by atoms with E-state index < -0.39 is 83.4 Å². The first-order valence-corrected chi connectivity index (χ1v) is 30.1. The van der Waals surface area contributed by atoms with Crippen molar-refractivity contribution in [3.8, 4) is 11.5 Å². The fraction of sp³-hybridized carbons (Fsp3) is 0.176. The van der Waals surface area contributed by atoms with Gasteiger partial charge < -0.3 is 0 Å². The van der Waals surface area contributed by atoms with Crippen molar-refractivity contribution in [2.75, 3.05) is 13.3 Å². The molecule has 3 aromatic carbocycles. The van der Waals surface area contributed by atoms with Crippen LogP contribution in [0.5, 0.6) is 11.5 Å². The molecule has 0 saturated carbocycles. The molecule has 10 heteroatoms. The van der Waals surface area contributed by atoms with Gasteiger partial charge in [0.1, 0.15) is 0 Å². The SMILES string of the molecule is Cc1cc2ccccc2cc1Oc1c([I-]CCCI2C=CI=C2)c(F)cc2c1[I-]C=C(C(=O)[I-]CCC1=IC=CC=C1)C2=O. The second kappa shape index (κ2) is 16.5. The van der Waals surface area contributed by atoms with E-state index >= 15 is 4.39 Å². The number of Topliss-reactive ketones (excluding diaryl/α,β-unsaturated/α-hetero) is 1. The Morgan fingerprint density at radius 1 is 1.09 bits per heavy atom. The molecule has 0 radical (unpaired) electrons. The predicted octanol–water partition coefficient (Wildman–Crippen LogP) is 0.0210. The van der Waals surface area contributed by atoms with Gasteiger partial charge in [0.25, 0.3) is 0 Å². The number of ketones is 1. The number of allylic oxidation sites excluding steroid dienone is 4. The number of fused-ring (bicyclic) bond motifs is 2. The van der Waals surface area contributed by atoms with E-state index in [-0.39, 0.29) is 56.9 Å². The molecule has 0 aliphatic carbocycles. The zero-order chi connectivity index (χ0) is 30.5. The first kappa shape index (κ1) is 34.0. The first-order chi connectivity index (χ1) is 21.5. The Bertz CT molecular complexity index is 1810. The van der Waals surface area contributed by atoms with Crippen molar-refractivity contribution in [3.05, 3.63) is 107 Å². The molecule has 0 aromatic heterocycles. The van der Waals surface area contributed by atoms with E-state index in [1.807, 2.05) is 29.2 Å². The maximum absolute atomic E-state index is 16.0. The fourth-order valence-corrected chi connectivity index (χ4v) is 29.8. The number of hydrogen-bond donors (Lipinski definition) is 0. The Hall–Kier alpha value is 0.0700. The predicted molar refractivity (Wildman–Crippen MR) is 194 cm³/mol. The van der Waals surface area contributed by atoms with Crippen LogP contribution in [0.2, 0.25) is 0 Å². The summed E-state index contributed by atoms with van der Waals surface area (Å²) < 4.78 is 40.3. The van der Waals surface area contributed by atoms with E-state index in [1.54, 1.807) is 0 Å². The fourth-order valence-electron chi connectivity index (χ4n) is 4.52. The van der Waals surface area contributed by atoms with Crippen molar-refractivity contribution >= 4 is 87.2 Å². The van der Waals surface area contributed by atoms with Gasteiger partial charge in [-0.3, -0.25) is 0 Å². The number of ether oxygens (including phenoxy) is 1. The third kappa shape index (κ3) is 8.37. The molecule has 3 nitrogen and oxygen atoms in total. The topological polar surface area (TPSA) is 43.4 Å². The molecule has 0 fully saturated rings. The molecule has 0 bridgehead atoms. The number of halogens is 7. The summed E-state index contributed by atoms with van der Waals surface area (Å²) in [5.74, 6) is 0.586. The molecule has 0 saturated heterocycles. The number of carbonyl (C=O) groups is 2. The van der Waals surface area contributed by atoms with E-state index in [2.05, 4.69) is 50.7 Å². The van der Waals surface area contributed by atoms with Gasteiger partial charge in [0, 0.05) is 0 Å². The van der Waals surface area contributed by atoms with Gasteiger partial charge in [0.05, 0.1) is 0 Å². The Morgan fingerprint density at radius 3 is 2.70 bits per heavy atom. The van der Waals surface area contributed by atoms with Crippen LogP contribution in [0.4, 0.5) is 4.39 Å². The maximum atomic E-state index is 16.0. The molecule has 0 amide bonds. The number of hydrogen-bond acceptors (Lipinski definition) is 3. The third-order valence-corrected chi connectivity index (χ3v) is 29.4. The van der Waals surface area contributed by atoms with Crippen LogP contribution in [0.15, 0.2) is 82.6 Å².